The maximum atomic E-state index is 5.76. The van der Waals surface area contributed by atoms with Crippen LogP contribution in [0.5, 0.6) is 5.75 Å². The summed E-state index contributed by atoms with van der Waals surface area (Å²) < 4.78 is 5.76. The van der Waals surface area contributed by atoms with Gasteiger partial charge in [-0.3, -0.25) is 0 Å². The fourth-order valence-corrected chi connectivity index (χ4v) is 2.29. The molecule has 1 fully saturated rings. The van der Waals surface area contributed by atoms with Crippen molar-refractivity contribution in [2.24, 2.45) is 5.92 Å². The molecule has 104 valence electrons. The monoisotopic (exact) mass is 266 g/mol. The van der Waals surface area contributed by atoms with E-state index in [0.29, 0.717) is 0 Å². The van der Waals surface area contributed by atoms with Crippen molar-refractivity contribution in [1.82, 2.24) is 0 Å². The molecule has 0 heterocycles. The van der Waals surface area contributed by atoms with Crippen molar-refractivity contribution in [3.05, 3.63) is 65.2 Å². The molecule has 0 spiro atoms. The van der Waals surface area contributed by atoms with Gasteiger partial charge in [0.15, 0.2) is 0 Å². The molecule has 0 saturated heterocycles. The van der Waals surface area contributed by atoms with E-state index in [9.17, 15) is 0 Å². The minimum absolute atomic E-state index is 0.816. The predicted molar refractivity (Wildman–Crippen MR) is 83.2 cm³/mol. The van der Waals surface area contributed by atoms with Crippen LogP contribution in [-0.4, -0.2) is 6.61 Å². The van der Waals surface area contributed by atoms with E-state index in [0.717, 1.165) is 31.1 Å². The average Bonchev–Trinajstić information content (AvgIpc) is 3.30. The minimum Gasteiger partial charge on any atom is -0.493 e. The molecule has 0 aromatic heterocycles. The molecule has 2 aromatic carbocycles. The minimum atomic E-state index is 0.816. The fraction of sp³-hybridized carbons (Fsp3) is 0.368. The van der Waals surface area contributed by atoms with Crippen molar-refractivity contribution in [2.75, 3.05) is 6.61 Å². The van der Waals surface area contributed by atoms with E-state index in [4.69, 9.17) is 4.74 Å². The lowest BCUT2D eigenvalue weighted by molar-refractivity contribution is 0.299. The van der Waals surface area contributed by atoms with Crippen LogP contribution in [0.1, 0.15) is 29.5 Å². The molecular formula is C19H22O. The van der Waals surface area contributed by atoms with Crippen LogP contribution in [0.2, 0.25) is 0 Å². The van der Waals surface area contributed by atoms with Gasteiger partial charge in [-0.05, 0) is 61.8 Å². The summed E-state index contributed by atoms with van der Waals surface area (Å²) in [5, 5.41) is 0. The summed E-state index contributed by atoms with van der Waals surface area (Å²) in [5.74, 6) is 1.83. The first-order valence-corrected chi connectivity index (χ1v) is 7.57. The second-order valence-electron chi connectivity index (χ2n) is 5.88. The van der Waals surface area contributed by atoms with Crippen LogP contribution in [0.3, 0.4) is 0 Å². The quantitative estimate of drug-likeness (QED) is 0.744. The molecule has 0 aliphatic heterocycles. The summed E-state index contributed by atoms with van der Waals surface area (Å²) >= 11 is 0. The van der Waals surface area contributed by atoms with Crippen LogP contribution in [0, 0.1) is 12.8 Å². The molecule has 1 aliphatic rings. The second kappa shape index (κ2) is 6.13. The van der Waals surface area contributed by atoms with Crippen molar-refractivity contribution in [1.29, 1.82) is 0 Å². The molecule has 0 atom stereocenters. The number of hydrogen-bond donors (Lipinski definition) is 0. The third-order valence-electron chi connectivity index (χ3n) is 3.93. The highest BCUT2D eigenvalue weighted by molar-refractivity contribution is 5.29. The number of rotatable bonds is 6. The zero-order chi connectivity index (χ0) is 13.8. The predicted octanol–water partition coefficient (Wildman–Crippen LogP) is 4.57. The average molecular weight is 266 g/mol. The Morgan fingerprint density at radius 1 is 0.850 bits per heavy atom. The van der Waals surface area contributed by atoms with Crippen LogP contribution in [0.25, 0.3) is 0 Å². The Morgan fingerprint density at radius 2 is 1.40 bits per heavy atom. The van der Waals surface area contributed by atoms with Crippen molar-refractivity contribution in [3.8, 4) is 5.75 Å². The summed E-state index contributed by atoms with van der Waals surface area (Å²) in [7, 11) is 0. The molecule has 2 aromatic rings. The van der Waals surface area contributed by atoms with Crippen LogP contribution in [-0.2, 0) is 12.8 Å². The normalized spacial score (nSPS) is 14.2. The van der Waals surface area contributed by atoms with Crippen LogP contribution in [0.15, 0.2) is 48.5 Å². The van der Waals surface area contributed by atoms with E-state index in [1.165, 1.54) is 29.5 Å². The SMILES string of the molecule is Cc1ccc(CCc2ccc(OCC3CC3)cc2)cc1. The van der Waals surface area contributed by atoms with E-state index >= 15 is 0 Å². The highest BCUT2D eigenvalue weighted by Gasteiger charge is 2.21. The van der Waals surface area contributed by atoms with E-state index in [1.807, 2.05) is 0 Å². The zero-order valence-corrected chi connectivity index (χ0v) is 12.1. The van der Waals surface area contributed by atoms with Crippen molar-refractivity contribution in [2.45, 2.75) is 32.6 Å². The standard InChI is InChI=1S/C19H22O/c1-15-2-4-16(5-3-15)6-7-17-10-12-19(13-11-17)20-14-18-8-9-18/h2-5,10-13,18H,6-9,14H2,1H3. The Morgan fingerprint density at radius 3 is 1.95 bits per heavy atom. The van der Waals surface area contributed by atoms with Crippen molar-refractivity contribution >= 4 is 0 Å². The van der Waals surface area contributed by atoms with Crippen molar-refractivity contribution in [3.63, 3.8) is 0 Å². The van der Waals surface area contributed by atoms with Gasteiger partial charge in [-0.1, -0.05) is 42.0 Å². The maximum Gasteiger partial charge on any atom is 0.119 e. The summed E-state index contributed by atoms with van der Waals surface area (Å²) in [6, 6.07) is 17.4. The fourth-order valence-electron chi connectivity index (χ4n) is 2.29. The van der Waals surface area contributed by atoms with Gasteiger partial charge in [-0.15, -0.1) is 0 Å². The molecule has 0 radical (unpaired) electrons. The van der Waals surface area contributed by atoms with Gasteiger partial charge < -0.3 is 4.74 Å². The number of aryl methyl sites for hydroxylation is 3. The smallest absolute Gasteiger partial charge is 0.119 e. The van der Waals surface area contributed by atoms with Gasteiger partial charge in [-0.2, -0.15) is 0 Å². The molecular weight excluding hydrogens is 244 g/mol. The van der Waals surface area contributed by atoms with Gasteiger partial charge in [0.2, 0.25) is 0 Å². The number of benzene rings is 2. The van der Waals surface area contributed by atoms with Crippen LogP contribution in [0.4, 0.5) is 0 Å². The van der Waals surface area contributed by atoms with Crippen molar-refractivity contribution < 1.29 is 4.74 Å². The highest BCUT2D eigenvalue weighted by Crippen LogP contribution is 2.29. The Balaban J connectivity index is 1.50. The first kappa shape index (κ1) is 13.2. The molecule has 0 amide bonds. The van der Waals surface area contributed by atoms with Gasteiger partial charge in [0, 0.05) is 0 Å². The lowest BCUT2D eigenvalue weighted by Gasteiger charge is -2.07. The third-order valence-corrected chi connectivity index (χ3v) is 3.93. The lowest BCUT2D eigenvalue weighted by Crippen LogP contribution is -1.99. The lowest BCUT2D eigenvalue weighted by atomic mass is 10.0. The highest BCUT2D eigenvalue weighted by atomic mass is 16.5. The molecule has 0 bridgehead atoms. The largest absolute Gasteiger partial charge is 0.493 e. The molecule has 1 nitrogen and oxygen atoms in total. The Labute approximate surface area is 121 Å². The van der Waals surface area contributed by atoms with E-state index in [1.54, 1.807) is 0 Å². The third kappa shape index (κ3) is 3.86. The Hall–Kier alpha value is -1.76. The van der Waals surface area contributed by atoms with Gasteiger partial charge in [0.05, 0.1) is 6.61 Å². The van der Waals surface area contributed by atoms with Crippen LogP contribution < -0.4 is 4.74 Å². The molecule has 3 rings (SSSR count). The van der Waals surface area contributed by atoms with E-state index in [-0.39, 0.29) is 0 Å². The number of hydrogen-bond acceptors (Lipinski definition) is 1. The molecule has 1 heteroatoms. The van der Waals surface area contributed by atoms with Crippen LogP contribution >= 0.6 is 0 Å². The maximum absolute atomic E-state index is 5.76. The molecule has 0 N–H and O–H groups in total. The number of ether oxygens (including phenoxy) is 1. The second-order valence-corrected chi connectivity index (χ2v) is 5.88. The molecule has 20 heavy (non-hydrogen) atoms. The van der Waals surface area contributed by atoms with Gasteiger partial charge in [-0.25, -0.2) is 0 Å². The Kier molecular flexibility index (Phi) is 4.05. The summed E-state index contributed by atoms with van der Waals surface area (Å²) in [6.07, 6.45) is 4.87. The van der Waals surface area contributed by atoms with Gasteiger partial charge >= 0.3 is 0 Å². The first-order chi connectivity index (χ1) is 9.79. The molecule has 0 unspecified atom stereocenters. The summed E-state index contributed by atoms with van der Waals surface area (Å²) in [5.41, 5.74) is 4.11. The van der Waals surface area contributed by atoms with E-state index < -0.39 is 0 Å². The summed E-state index contributed by atoms with van der Waals surface area (Å²) in [6.45, 7) is 3.02. The van der Waals surface area contributed by atoms with Gasteiger partial charge in [0.25, 0.3) is 0 Å². The Bertz CT molecular complexity index is 535. The molecule has 1 saturated carbocycles. The first-order valence-electron chi connectivity index (χ1n) is 7.57. The molecule has 1 aliphatic carbocycles. The topological polar surface area (TPSA) is 9.23 Å². The van der Waals surface area contributed by atoms with E-state index in [2.05, 4.69) is 55.5 Å². The zero-order valence-electron chi connectivity index (χ0n) is 12.1. The van der Waals surface area contributed by atoms with Gasteiger partial charge in [0.1, 0.15) is 5.75 Å². The summed E-state index contributed by atoms with van der Waals surface area (Å²) in [4.78, 5) is 0.